The summed E-state index contributed by atoms with van der Waals surface area (Å²) in [6.07, 6.45) is -0.799. The third kappa shape index (κ3) is 3.49. The number of morpholine rings is 1. The minimum atomic E-state index is -0.964. The van der Waals surface area contributed by atoms with E-state index in [-0.39, 0.29) is 5.69 Å². The topological polar surface area (TPSA) is 92.9 Å². The van der Waals surface area contributed by atoms with Crippen LogP contribution in [0, 0.1) is 10.1 Å². The van der Waals surface area contributed by atoms with Gasteiger partial charge in [-0.25, -0.2) is 4.79 Å². The van der Waals surface area contributed by atoms with Crippen molar-refractivity contribution in [1.29, 1.82) is 0 Å². The van der Waals surface area contributed by atoms with E-state index in [9.17, 15) is 14.9 Å². The lowest BCUT2D eigenvalue weighted by molar-refractivity contribution is -0.384. The van der Waals surface area contributed by atoms with Gasteiger partial charge in [0.1, 0.15) is 0 Å². The Morgan fingerprint density at radius 2 is 2.16 bits per heavy atom. The fraction of sp³-hybridized carbons (Fsp3) is 0.417. The van der Waals surface area contributed by atoms with E-state index >= 15 is 0 Å². The molecule has 0 amide bonds. The maximum atomic E-state index is 10.8. The summed E-state index contributed by atoms with van der Waals surface area (Å²) in [5.41, 5.74) is 0.964. The van der Waals surface area contributed by atoms with Crippen LogP contribution in [0.5, 0.6) is 0 Å². The summed E-state index contributed by atoms with van der Waals surface area (Å²) in [6.45, 7) is 1.92. The average Bonchev–Trinajstić information content (AvgIpc) is 2.39. The highest BCUT2D eigenvalue weighted by Crippen LogP contribution is 2.15. The predicted octanol–water partition coefficient (Wildman–Crippen LogP) is 0.880. The van der Waals surface area contributed by atoms with E-state index < -0.39 is 17.0 Å². The van der Waals surface area contributed by atoms with E-state index in [1.165, 1.54) is 12.1 Å². The summed E-state index contributed by atoms with van der Waals surface area (Å²) < 4.78 is 5.13. The van der Waals surface area contributed by atoms with E-state index in [1.807, 2.05) is 4.90 Å². The van der Waals surface area contributed by atoms with Gasteiger partial charge in [-0.3, -0.25) is 15.0 Å². The van der Waals surface area contributed by atoms with Crippen LogP contribution >= 0.6 is 0 Å². The molecule has 1 aliphatic rings. The van der Waals surface area contributed by atoms with E-state index in [0.29, 0.717) is 26.2 Å². The van der Waals surface area contributed by atoms with Crippen LogP contribution in [0.1, 0.15) is 5.56 Å². The third-order valence-electron chi connectivity index (χ3n) is 2.98. The first kappa shape index (κ1) is 13.4. The standard InChI is InChI=1S/C12H14N2O5/c15-12(16)11-8-13(5-6-19-11)7-9-1-3-10(4-2-9)14(17)18/h1-4,11H,5-8H2,(H,15,16). The molecular weight excluding hydrogens is 252 g/mol. The SMILES string of the molecule is O=C(O)C1CN(Cc2ccc([N+](=O)[O-])cc2)CCO1. The van der Waals surface area contributed by atoms with Crippen LogP contribution in [0.15, 0.2) is 24.3 Å². The Morgan fingerprint density at radius 3 is 2.74 bits per heavy atom. The lowest BCUT2D eigenvalue weighted by atomic mass is 10.1. The van der Waals surface area contributed by atoms with Crippen molar-refractivity contribution in [2.45, 2.75) is 12.6 Å². The van der Waals surface area contributed by atoms with Crippen molar-refractivity contribution in [2.24, 2.45) is 0 Å². The molecule has 1 heterocycles. The molecule has 1 aromatic carbocycles. The summed E-state index contributed by atoms with van der Waals surface area (Å²) in [5, 5.41) is 19.4. The molecule has 19 heavy (non-hydrogen) atoms. The first-order valence-electron chi connectivity index (χ1n) is 5.86. The maximum Gasteiger partial charge on any atom is 0.334 e. The largest absolute Gasteiger partial charge is 0.479 e. The number of hydrogen-bond acceptors (Lipinski definition) is 5. The molecular formula is C12H14N2O5. The van der Waals surface area contributed by atoms with E-state index in [4.69, 9.17) is 9.84 Å². The average molecular weight is 266 g/mol. The molecule has 1 aromatic rings. The Labute approximate surface area is 109 Å². The van der Waals surface area contributed by atoms with Gasteiger partial charge in [-0.1, -0.05) is 12.1 Å². The number of aliphatic carboxylic acids is 1. The van der Waals surface area contributed by atoms with E-state index in [0.717, 1.165) is 5.56 Å². The molecule has 0 spiro atoms. The summed E-state index contributed by atoms with van der Waals surface area (Å²) in [4.78, 5) is 22.9. The molecule has 2 rings (SSSR count). The molecule has 7 heteroatoms. The number of hydrogen-bond donors (Lipinski definition) is 1. The zero-order chi connectivity index (χ0) is 13.8. The van der Waals surface area contributed by atoms with Crippen LogP contribution in [-0.4, -0.2) is 46.7 Å². The molecule has 0 radical (unpaired) electrons. The first-order chi connectivity index (χ1) is 9.06. The Morgan fingerprint density at radius 1 is 1.47 bits per heavy atom. The second kappa shape index (κ2) is 5.77. The minimum Gasteiger partial charge on any atom is -0.479 e. The van der Waals surface area contributed by atoms with Crippen LogP contribution < -0.4 is 0 Å². The number of nitrogens with zero attached hydrogens (tertiary/aromatic N) is 2. The monoisotopic (exact) mass is 266 g/mol. The van der Waals surface area contributed by atoms with Gasteiger partial charge in [0.2, 0.25) is 0 Å². The summed E-state index contributed by atoms with van der Waals surface area (Å²) in [7, 11) is 0. The lowest BCUT2D eigenvalue weighted by Crippen LogP contribution is -2.45. The number of carboxylic acid groups (broad SMARTS) is 1. The molecule has 0 aromatic heterocycles. The molecule has 0 aliphatic carbocycles. The summed E-state index contributed by atoms with van der Waals surface area (Å²) in [5.74, 6) is -0.964. The third-order valence-corrected chi connectivity index (χ3v) is 2.98. The molecule has 1 saturated heterocycles. The highest BCUT2D eigenvalue weighted by Gasteiger charge is 2.26. The predicted molar refractivity (Wildman–Crippen MR) is 65.7 cm³/mol. The molecule has 1 unspecified atom stereocenters. The van der Waals surface area contributed by atoms with Gasteiger partial charge in [-0.2, -0.15) is 0 Å². The Hall–Kier alpha value is -1.99. The van der Waals surface area contributed by atoms with Crippen molar-refractivity contribution < 1.29 is 19.6 Å². The molecule has 1 atom stereocenters. The van der Waals surface area contributed by atoms with Crippen LogP contribution in [0.25, 0.3) is 0 Å². The highest BCUT2D eigenvalue weighted by atomic mass is 16.6. The Kier molecular flexibility index (Phi) is 4.08. The van der Waals surface area contributed by atoms with Gasteiger partial charge in [-0.15, -0.1) is 0 Å². The molecule has 1 aliphatic heterocycles. The van der Waals surface area contributed by atoms with Crippen molar-refractivity contribution >= 4 is 11.7 Å². The highest BCUT2D eigenvalue weighted by molar-refractivity contribution is 5.72. The Balaban J connectivity index is 1.96. The van der Waals surface area contributed by atoms with Crippen molar-refractivity contribution in [2.75, 3.05) is 19.7 Å². The first-order valence-corrected chi connectivity index (χ1v) is 5.86. The Bertz CT molecular complexity index is 474. The normalized spacial score (nSPS) is 20.1. The van der Waals surface area contributed by atoms with Crippen molar-refractivity contribution in [1.82, 2.24) is 4.90 Å². The number of nitro groups is 1. The number of carbonyl (C=O) groups is 1. The van der Waals surface area contributed by atoms with Gasteiger partial charge >= 0.3 is 5.97 Å². The molecule has 0 saturated carbocycles. The number of ether oxygens (including phenoxy) is 1. The van der Waals surface area contributed by atoms with Crippen molar-refractivity contribution in [3.05, 3.63) is 39.9 Å². The zero-order valence-corrected chi connectivity index (χ0v) is 10.2. The van der Waals surface area contributed by atoms with Gasteiger partial charge < -0.3 is 9.84 Å². The van der Waals surface area contributed by atoms with E-state index in [1.54, 1.807) is 12.1 Å². The molecule has 0 bridgehead atoms. The van der Waals surface area contributed by atoms with Gasteiger partial charge in [0, 0.05) is 31.8 Å². The smallest absolute Gasteiger partial charge is 0.334 e. The number of carboxylic acids is 1. The van der Waals surface area contributed by atoms with Crippen molar-refractivity contribution in [3.8, 4) is 0 Å². The van der Waals surface area contributed by atoms with Crippen LogP contribution in [-0.2, 0) is 16.1 Å². The molecule has 102 valence electrons. The zero-order valence-electron chi connectivity index (χ0n) is 10.2. The van der Waals surface area contributed by atoms with Gasteiger partial charge in [-0.05, 0) is 5.56 Å². The van der Waals surface area contributed by atoms with E-state index in [2.05, 4.69) is 0 Å². The fourth-order valence-corrected chi connectivity index (χ4v) is 1.98. The number of benzene rings is 1. The maximum absolute atomic E-state index is 10.8. The van der Waals surface area contributed by atoms with Gasteiger partial charge in [0.25, 0.3) is 5.69 Å². The van der Waals surface area contributed by atoms with Crippen LogP contribution in [0.4, 0.5) is 5.69 Å². The molecule has 1 N–H and O–H groups in total. The quantitative estimate of drug-likeness (QED) is 0.642. The lowest BCUT2D eigenvalue weighted by Gasteiger charge is -2.30. The second-order valence-electron chi connectivity index (χ2n) is 4.36. The number of rotatable bonds is 4. The van der Waals surface area contributed by atoms with Crippen LogP contribution in [0.3, 0.4) is 0 Å². The van der Waals surface area contributed by atoms with Crippen molar-refractivity contribution in [3.63, 3.8) is 0 Å². The number of nitro benzene ring substituents is 1. The minimum absolute atomic E-state index is 0.0501. The van der Waals surface area contributed by atoms with Crippen LogP contribution in [0.2, 0.25) is 0 Å². The molecule has 7 nitrogen and oxygen atoms in total. The second-order valence-corrected chi connectivity index (χ2v) is 4.36. The fourth-order valence-electron chi connectivity index (χ4n) is 1.98. The summed E-state index contributed by atoms with van der Waals surface area (Å²) in [6, 6.07) is 6.27. The molecule has 1 fully saturated rings. The summed E-state index contributed by atoms with van der Waals surface area (Å²) >= 11 is 0. The number of non-ortho nitro benzene ring substituents is 1. The van der Waals surface area contributed by atoms with Gasteiger partial charge in [0.05, 0.1) is 11.5 Å². The van der Waals surface area contributed by atoms with Gasteiger partial charge in [0.15, 0.2) is 6.10 Å².